The Morgan fingerprint density at radius 2 is 2.03 bits per heavy atom. The molecule has 0 radical (unpaired) electrons. The van der Waals surface area contributed by atoms with Crippen molar-refractivity contribution in [1.29, 1.82) is 0 Å². The molecule has 0 unspecified atom stereocenters. The van der Waals surface area contributed by atoms with Gasteiger partial charge in [-0.25, -0.2) is 4.79 Å². The van der Waals surface area contributed by atoms with Crippen LogP contribution in [-0.4, -0.2) is 38.0 Å². The van der Waals surface area contributed by atoms with Gasteiger partial charge >= 0.3 is 5.69 Å². The highest BCUT2D eigenvalue weighted by atomic mass is 16.5. The first kappa shape index (κ1) is 22.9. The summed E-state index contributed by atoms with van der Waals surface area (Å²) in [5.41, 5.74) is 2.51. The van der Waals surface area contributed by atoms with Crippen LogP contribution in [-0.2, 0) is 4.79 Å². The van der Waals surface area contributed by atoms with Crippen LogP contribution in [0.3, 0.4) is 0 Å². The largest absolute Gasteiger partial charge is 0.458 e. The number of likely N-dealkylation sites (tertiary alicyclic amines) is 1. The summed E-state index contributed by atoms with van der Waals surface area (Å²) >= 11 is 0. The summed E-state index contributed by atoms with van der Waals surface area (Å²) in [5, 5.41) is 0. The monoisotopic (exact) mass is 454 g/mol. The maximum atomic E-state index is 13.6. The van der Waals surface area contributed by atoms with E-state index < -0.39 is 0 Å². The molecule has 0 spiro atoms. The zero-order valence-corrected chi connectivity index (χ0v) is 19.3. The third-order valence-electron chi connectivity index (χ3n) is 5.82. The van der Waals surface area contributed by atoms with Crippen molar-refractivity contribution in [1.82, 2.24) is 19.0 Å². The van der Waals surface area contributed by atoms with Crippen molar-refractivity contribution >= 4 is 16.9 Å². The molecule has 172 valence electrons. The number of allylic oxidation sites excluding steroid dienone is 3. The lowest BCUT2D eigenvalue weighted by atomic mass is 10.2. The van der Waals surface area contributed by atoms with Gasteiger partial charge in [0.05, 0.1) is 29.0 Å². The Kier molecular flexibility index (Phi) is 6.51. The predicted octanol–water partition coefficient (Wildman–Crippen LogP) is 4.01. The van der Waals surface area contributed by atoms with Gasteiger partial charge in [0.1, 0.15) is 11.5 Å². The third kappa shape index (κ3) is 4.30. The van der Waals surface area contributed by atoms with Crippen LogP contribution < -0.4 is 10.4 Å². The van der Waals surface area contributed by atoms with E-state index in [0.29, 0.717) is 47.8 Å². The van der Waals surface area contributed by atoms with E-state index in [1.807, 2.05) is 31.2 Å². The highest BCUT2D eigenvalue weighted by molar-refractivity contribution is 5.92. The van der Waals surface area contributed by atoms with Crippen LogP contribution >= 0.6 is 0 Å². The summed E-state index contributed by atoms with van der Waals surface area (Å²) in [6.45, 7) is 8.38. The Bertz CT molecular complexity index is 1400. The van der Waals surface area contributed by atoms with Gasteiger partial charge in [-0.3, -0.25) is 18.9 Å². The summed E-state index contributed by atoms with van der Waals surface area (Å²) in [7, 11) is 0. The standard InChI is InChI=1S/C27H26N4O3/c1-5-7-8-22(6-2)34-23-11-9-20(10-12-23)30-25-17-28-15-13-24(25)31(27(30)33)21-14-16-29(18-21)26(32)19(3)4/h1,6-13,15,17,21H,3,14,16,18H2,2,4H3/b8-7-,22-6+/t21-/m1/s1. The second-order valence-corrected chi connectivity index (χ2v) is 8.11. The molecule has 1 aliphatic rings. The van der Waals surface area contributed by atoms with E-state index in [4.69, 9.17) is 11.2 Å². The van der Waals surface area contributed by atoms with Gasteiger partial charge in [-0.1, -0.05) is 12.5 Å². The molecule has 1 atom stereocenters. The van der Waals surface area contributed by atoms with Gasteiger partial charge in [-0.15, -0.1) is 6.42 Å². The molecule has 2 aromatic heterocycles. The van der Waals surface area contributed by atoms with Crippen LogP contribution in [0.25, 0.3) is 16.7 Å². The number of rotatable bonds is 6. The number of amides is 1. The van der Waals surface area contributed by atoms with E-state index in [1.54, 1.807) is 57.6 Å². The van der Waals surface area contributed by atoms with E-state index in [0.717, 1.165) is 5.52 Å². The van der Waals surface area contributed by atoms with Crippen molar-refractivity contribution in [3.8, 4) is 23.8 Å². The molecule has 1 aliphatic heterocycles. The van der Waals surface area contributed by atoms with Crippen molar-refractivity contribution in [3.63, 3.8) is 0 Å². The predicted molar refractivity (Wildman–Crippen MR) is 133 cm³/mol. The fourth-order valence-electron chi connectivity index (χ4n) is 4.20. The number of hydrogen-bond donors (Lipinski definition) is 0. The number of ether oxygens (including phenoxy) is 1. The molecule has 4 rings (SSSR count). The normalized spacial score (nSPS) is 16.2. The highest BCUT2D eigenvalue weighted by Gasteiger charge is 2.30. The van der Waals surface area contributed by atoms with Gasteiger partial charge in [0.25, 0.3) is 0 Å². The first-order chi connectivity index (χ1) is 16.4. The quantitative estimate of drug-likeness (QED) is 0.244. The highest BCUT2D eigenvalue weighted by Crippen LogP contribution is 2.27. The van der Waals surface area contributed by atoms with E-state index in [1.165, 1.54) is 0 Å². The molecular formula is C27H26N4O3. The van der Waals surface area contributed by atoms with Gasteiger partial charge in [0.15, 0.2) is 0 Å². The molecule has 0 saturated carbocycles. The molecule has 34 heavy (non-hydrogen) atoms. The van der Waals surface area contributed by atoms with Crippen molar-refractivity contribution in [3.05, 3.63) is 89.3 Å². The lowest BCUT2D eigenvalue weighted by Crippen LogP contribution is -2.32. The molecule has 0 bridgehead atoms. The van der Waals surface area contributed by atoms with Gasteiger partial charge in [-0.2, -0.15) is 0 Å². The molecule has 7 heteroatoms. The number of carbonyl (C=O) groups excluding carboxylic acids is 1. The zero-order chi connectivity index (χ0) is 24.2. The molecule has 1 amide bonds. The maximum absolute atomic E-state index is 13.6. The summed E-state index contributed by atoms with van der Waals surface area (Å²) in [5.74, 6) is 3.61. The second-order valence-electron chi connectivity index (χ2n) is 8.11. The zero-order valence-electron chi connectivity index (χ0n) is 19.3. The smallest absolute Gasteiger partial charge is 0.334 e. The van der Waals surface area contributed by atoms with Crippen molar-refractivity contribution in [2.24, 2.45) is 0 Å². The minimum atomic E-state index is -0.169. The molecule has 1 saturated heterocycles. The van der Waals surface area contributed by atoms with E-state index in [2.05, 4.69) is 17.5 Å². The number of carbonyl (C=O) groups is 1. The summed E-state index contributed by atoms with van der Waals surface area (Å²) in [6.07, 6.45) is 14.4. The molecule has 1 fully saturated rings. The average Bonchev–Trinajstić information content (AvgIpc) is 3.43. The first-order valence-corrected chi connectivity index (χ1v) is 11.0. The lowest BCUT2D eigenvalue weighted by Gasteiger charge is -2.17. The molecule has 1 aromatic carbocycles. The minimum Gasteiger partial charge on any atom is -0.458 e. The van der Waals surface area contributed by atoms with Crippen LogP contribution in [0.15, 0.2) is 83.7 Å². The molecule has 3 aromatic rings. The molecule has 7 nitrogen and oxygen atoms in total. The first-order valence-electron chi connectivity index (χ1n) is 11.0. The van der Waals surface area contributed by atoms with Gasteiger partial charge in [-0.05, 0) is 68.8 Å². The number of hydrogen-bond acceptors (Lipinski definition) is 4. The van der Waals surface area contributed by atoms with Gasteiger partial charge in [0, 0.05) is 24.9 Å². The Hall–Kier alpha value is -4.31. The lowest BCUT2D eigenvalue weighted by molar-refractivity contribution is -0.126. The fourth-order valence-corrected chi connectivity index (χ4v) is 4.20. The van der Waals surface area contributed by atoms with Crippen molar-refractivity contribution < 1.29 is 9.53 Å². The number of imidazole rings is 1. The molecule has 0 N–H and O–H groups in total. The number of terminal acetylenes is 1. The Labute approximate surface area is 198 Å². The van der Waals surface area contributed by atoms with E-state index in [9.17, 15) is 9.59 Å². The topological polar surface area (TPSA) is 69.4 Å². The third-order valence-corrected chi connectivity index (χ3v) is 5.82. The Balaban J connectivity index is 1.69. The van der Waals surface area contributed by atoms with Crippen LogP contribution in [0, 0.1) is 12.3 Å². The van der Waals surface area contributed by atoms with Gasteiger partial charge < -0.3 is 9.64 Å². The average molecular weight is 455 g/mol. The van der Waals surface area contributed by atoms with Crippen LogP contribution in [0.5, 0.6) is 5.75 Å². The van der Waals surface area contributed by atoms with E-state index in [-0.39, 0.29) is 17.6 Å². The molecular weight excluding hydrogens is 428 g/mol. The number of fused-ring (bicyclic) bond motifs is 1. The van der Waals surface area contributed by atoms with Gasteiger partial charge in [0.2, 0.25) is 5.91 Å². The van der Waals surface area contributed by atoms with Crippen LogP contribution in [0.4, 0.5) is 0 Å². The summed E-state index contributed by atoms with van der Waals surface area (Å²) < 4.78 is 9.26. The Morgan fingerprint density at radius 1 is 1.26 bits per heavy atom. The fraction of sp³-hybridized carbons (Fsp3) is 0.222. The second kappa shape index (κ2) is 9.67. The Morgan fingerprint density at radius 3 is 2.71 bits per heavy atom. The van der Waals surface area contributed by atoms with Crippen molar-refractivity contribution in [2.45, 2.75) is 26.3 Å². The maximum Gasteiger partial charge on any atom is 0.334 e. The summed E-state index contributed by atoms with van der Waals surface area (Å²) in [4.78, 5) is 32.0. The number of benzene rings is 1. The minimum absolute atomic E-state index is 0.0749. The molecule has 0 aliphatic carbocycles. The van der Waals surface area contributed by atoms with Crippen LogP contribution in [0.2, 0.25) is 0 Å². The number of pyridine rings is 1. The number of nitrogens with zero attached hydrogens (tertiary/aromatic N) is 4. The number of aromatic nitrogens is 3. The summed E-state index contributed by atoms with van der Waals surface area (Å²) in [6, 6.07) is 8.98. The van der Waals surface area contributed by atoms with E-state index >= 15 is 0 Å². The molecule has 3 heterocycles. The van der Waals surface area contributed by atoms with Crippen molar-refractivity contribution in [2.75, 3.05) is 13.1 Å². The van der Waals surface area contributed by atoms with Crippen LogP contribution in [0.1, 0.15) is 26.3 Å². The SMILES string of the molecule is C#C/C=C\C(=C/C)Oc1ccc(-n2c(=O)n([C@@H]3CCN(C(=O)C(=C)C)C3)c3ccncc32)cc1.